The fourth-order valence-electron chi connectivity index (χ4n) is 3.68. The first kappa shape index (κ1) is 25.7. The molecule has 2 aromatic carbocycles. The van der Waals surface area contributed by atoms with Gasteiger partial charge in [0.1, 0.15) is 0 Å². The number of imidazole rings is 1. The SMILES string of the molecule is Cc1cccc(Cn2cnc(NC(=O)c3ccc(CN(C)S(=O)(=O)c4ccccc4[N+](=O)[O-])nc3)c2)c1. The first-order valence-electron chi connectivity index (χ1n) is 11.2. The summed E-state index contributed by atoms with van der Waals surface area (Å²) in [5, 5.41) is 14.0. The average molecular weight is 521 g/mol. The molecule has 0 aliphatic carbocycles. The van der Waals surface area contributed by atoms with Crippen LogP contribution in [0.15, 0.2) is 84.3 Å². The van der Waals surface area contributed by atoms with Crippen LogP contribution in [-0.2, 0) is 23.1 Å². The van der Waals surface area contributed by atoms with Crippen LogP contribution in [0.2, 0.25) is 0 Å². The number of aromatic nitrogens is 3. The van der Waals surface area contributed by atoms with Crippen molar-refractivity contribution in [1.82, 2.24) is 18.8 Å². The van der Waals surface area contributed by atoms with Crippen LogP contribution in [0, 0.1) is 17.0 Å². The number of carbonyl (C=O) groups is 1. The van der Waals surface area contributed by atoms with Crippen LogP contribution in [0.25, 0.3) is 0 Å². The molecule has 1 N–H and O–H groups in total. The van der Waals surface area contributed by atoms with E-state index in [4.69, 9.17) is 0 Å². The maximum absolute atomic E-state index is 12.9. The number of hydrogen-bond donors (Lipinski definition) is 1. The van der Waals surface area contributed by atoms with E-state index in [0.29, 0.717) is 18.1 Å². The molecule has 2 heterocycles. The number of sulfonamides is 1. The molecule has 37 heavy (non-hydrogen) atoms. The van der Waals surface area contributed by atoms with Crippen molar-refractivity contribution in [3.63, 3.8) is 0 Å². The summed E-state index contributed by atoms with van der Waals surface area (Å²) in [6, 6.07) is 16.3. The van der Waals surface area contributed by atoms with Crippen molar-refractivity contribution in [2.45, 2.75) is 24.9 Å². The van der Waals surface area contributed by atoms with Crippen molar-refractivity contribution in [3.8, 4) is 0 Å². The highest BCUT2D eigenvalue weighted by Gasteiger charge is 2.29. The maximum atomic E-state index is 12.9. The molecule has 0 radical (unpaired) electrons. The third-order valence-electron chi connectivity index (χ3n) is 5.54. The number of benzene rings is 2. The van der Waals surface area contributed by atoms with E-state index in [1.807, 2.05) is 29.7 Å². The Kier molecular flexibility index (Phi) is 7.41. The van der Waals surface area contributed by atoms with Gasteiger partial charge in [-0.3, -0.25) is 19.9 Å². The van der Waals surface area contributed by atoms with Crippen LogP contribution in [0.3, 0.4) is 0 Å². The fraction of sp³-hybridized carbons (Fsp3) is 0.160. The summed E-state index contributed by atoms with van der Waals surface area (Å²) in [7, 11) is -2.83. The van der Waals surface area contributed by atoms with Crippen LogP contribution < -0.4 is 5.32 Å². The largest absolute Gasteiger partial charge is 0.331 e. The summed E-state index contributed by atoms with van der Waals surface area (Å²) in [4.78, 5) is 31.1. The minimum absolute atomic E-state index is 0.139. The number of nitrogens with one attached hydrogen (secondary N) is 1. The van der Waals surface area contributed by atoms with E-state index in [-0.39, 0.29) is 12.1 Å². The number of nitrogens with zero attached hydrogens (tertiary/aromatic N) is 5. The highest BCUT2D eigenvalue weighted by atomic mass is 32.2. The lowest BCUT2D eigenvalue weighted by Gasteiger charge is -2.17. The lowest BCUT2D eigenvalue weighted by Crippen LogP contribution is -2.27. The van der Waals surface area contributed by atoms with Crippen molar-refractivity contribution in [1.29, 1.82) is 0 Å². The maximum Gasteiger partial charge on any atom is 0.289 e. The molecular weight excluding hydrogens is 496 g/mol. The Balaban J connectivity index is 1.39. The number of hydrogen-bond acceptors (Lipinski definition) is 7. The molecule has 1 amide bonds. The van der Waals surface area contributed by atoms with Crippen molar-refractivity contribution in [3.05, 3.63) is 112 Å². The van der Waals surface area contributed by atoms with E-state index in [0.717, 1.165) is 21.5 Å². The monoisotopic (exact) mass is 520 g/mol. The van der Waals surface area contributed by atoms with Gasteiger partial charge < -0.3 is 9.88 Å². The number of para-hydroxylation sites is 1. The Morgan fingerprint density at radius 1 is 1.11 bits per heavy atom. The number of anilines is 1. The van der Waals surface area contributed by atoms with Gasteiger partial charge in [0.15, 0.2) is 10.7 Å². The molecule has 0 saturated carbocycles. The predicted octanol–water partition coefficient (Wildman–Crippen LogP) is 3.62. The molecule has 0 atom stereocenters. The predicted molar refractivity (Wildman–Crippen MR) is 136 cm³/mol. The van der Waals surface area contributed by atoms with Crippen LogP contribution in [-0.4, -0.2) is 45.1 Å². The minimum Gasteiger partial charge on any atom is -0.331 e. The number of amides is 1. The molecule has 0 spiro atoms. The van der Waals surface area contributed by atoms with Gasteiger partial charge in [-0.2, -0.15) is 4.31 Å². The van der Waals surface area contributed by atoms with Gasteiger partial charge in [0, 0.05) is 32.1 Å². The number of nitro benzene ring substituents is 1. The minimum atomic E-state index is -4.14. The number of pyridine rings is 1. The number of nitro groups is 1. The van der Waals surface area contributed by atoms with Crippen molar-refractivity contribution < 1.29 is 18.1 Å². The van der Waals surface area contributed by atoms with E-state index in [1.165, 1.54) is 43.6 Å². The van der Waals surface area contributed by atoms with Gasteiger partial charge in [-0.15, -0.1) is 0 Å². The Hall–Kier alpha value is -4.42. The van der Waals surface area contributed by atoms with Gasteiger partial charge in [0.25, 0.3) is 11.6 Å². The molecule has 0 bridgehead atoms. The summed E-state index contributed by atoms with van der Waals surface area (Å²) in [5.74, 6) is -0.0299. The Morgan fingerprint density at radius 2 is 1.89 bits per heavy atom. The summed E-state index contributed by atoms with van der Waals surface area (Å²) in [6.45, 7) is 2.50. The Bertz CT molecular complexity index is 1550. The van der Waals surface area contributed by atoms with Crippen molar-refractivity contribution in [2.24, 2.45) is 0 Å². The smallest absolute Gasteiger partial charge is 0.289 e. The molecule has 0 saturated heterocycles. The summed E-state index contributed by atoms with van der Waals surface area (Å²) < 4.78 is 28.6. The van der Waals surface area contributed by atoms with E-state index in [9.17, 15) is 23.3 Å². The molecule has 0 fully saturated rings. The van der Waals surface area contributed by atoms with Gasteiger partial charge in [-0.05, 0) is 30.7 Å². The molecule has 12 heteroatoms. The number of carbonyl (C=O) groups excluding carboxylic acids is 1. The molecule has 11 nitrogen and oxygen atoms in total. The number of aryl methyl sites for hydroxylation is 1. The lowest BCUT2D eigenvalue weighted by molar-refractivity contribution is -0.387. The Labute approximate surface area is 213 Å². The third-order valence-corrected chi connectivity index (χ3v) is 7.40. The highest BCUT2D eigenvalue weighted by molar-refractivity contribution is 7.89. The molecule has 0 aliphatic heterocycles. The third kappa shape index (κ3) is 6.05. The topological polar surface area (TPSA) is 140 Å². The summed E-state index contributed by atoms with van der Waals surface area (Å²) in [5.41, 5.74) is 2.40. The van der Waals surface area contributed by atoms with Crippen LogP contribution >= 0.6 is 0 Å². The second kappa shape index (κ2) is 10.7. The zero-order valence-corrected chi connectivity index (χ0v) is 20.9. The van der Waals surface area contributed by atoms with E-state index in [2.05, 4.69) is 21.4 Å². The highest BCUT2D eigenvalue weighted by Crippen LogP contribution is 2.26. The zero-order chi connectivity index (χ0) is 26.6. The molecule has 4 rings (SSSR count). The van der Waals surface area contributed by atoms with E-state index in [1.54, 1.807) is 12.5 Å². The van der Waals surface area contributed by atoms with Crippen LogP contribution in [0.4, 0.5) is 11.5 Å². The van der Waals surface area contributed by atoms with E-state index < -0.39 is 31.4 Å². The zero-order valence-electron chi connectivity index (χ0n) is 20.1. The van der Waals surface area contributed by atoms with Crippen molar-refractivity contribution in [2.75, 3.05) is 12.4 Å². The molecule has 4 aromatic rings. The summed E-state index contributed by atoms with van der Waals surface area (Å²) >= 11 is 0. The standard InChI is InChI=1S/C25H24N6O5S/c1-18-6-5-7-19(12-18)14-30-16-24(27-17-30)28-25(32)20-10-11-21(26-13-20)15-29(2)37(35,36)23-9-4-3-8-22(23)31(33)34/h3-13,16-17H,14-15H2,1-2H3,(H,28,32). The normalized spacial score (nSPS) is 11.4. The molecule has 190 valence electrons. The van der Waals surface area contributed by atoms with Gasteiger partial charge in [0.05, 0.1) is 29.1 Å². The van der Waals surface area contributed by atoms with Gasteiger partial charge >= 0.3 is 0 Å². The lowest BCUT2D eigenvalue weighted by atomic mass is 10.1. The molecule has 0 unspecified atom stereocenters. The van der Waals surface area contributed by atoms with Crippen LogP contribution in [0.1, 0.15) is 27.2 Å². The second-order valence-corrected chi connectivity index (χ2v) is 10.4. The van der Waals surface area contributed by atoms with Gasteiger partial charge in [-0.1, -0.05) is 42.0 Å². The molecule has 2 aromatic heterocycles. The quantitative estimate of drug-likeness (QED) is 0.262. The summed E-state index contributed by atoms with van der Waals surface area (Å²) in [6.07, 6.45) is 4.69. The Morgan fingerprint density at radius 3 is 2.59 bits per heavy atom. The van der Waals surface area contributed by atoms with Crippen molar-refractivity contribution >= 4 is 27.4 Å². The van der Waals surface area contributed by atoms with Gasteiger partial charge in [-0.25, -0.2) is 13.4 Å². The first-order chi connectivity index (χ1) is 17.6. The first-order valence-corrected chi connectivity index (χ1v) is 12.6. The molecular formula is C25H24N6O5S. The van der Waals surface area contributed by atoms with Gasteiger partial charge in [0.2, 0.25) is 10.0 Å². The van der Waals surface area contributed by atoms with E-state index >= 15 is 0 Å². The fourth-order valence-corrected chi connectivity index (χ4v) is 4.98. The molecule has 0 aliphatic rings. The van der Waals surface area contributed by atoms with Crippen LogP contribution in [0.5, 0.6) is 0 Å². The average Bonchev–Trinajstić information content (AvgIpc) is 3.30. The number of rotatable bonds is 9. The second-order valence-electron chi connectivity index (χ2n) is 8.40.